The number of rotatable bonds is 7. The van der Waals surface area contributed by atoms with Crippen LogP contribution in [-0.4, -0.2) is 36.8 Å². The Labute approximate surface area is 171 Å². The molecule has 0 radical (unpaired) electrons. The maximum atomic E-state index is 13.3. The minimum absolute atomic E-state index is 0.00861. The number of imidazole rings is 1. The van der Waals surface area contributed by atoms with Gasteiger partial charge >= 0.3 is 6.09 Å². The van der Waals surface area contributed by atoms with Crippen molar-refractivity contribution in [2.45, 2.75) is 13.0 Å². The van der Waals surface area contributed by atoms with E-state index in [-0.39, 0.29) is 19.0 Å². The number of nitrogens with zero attached hydrogens (tertiary/aromatic N) is 5. The second kappa shape index (κ2) is 8.60. The molecule has 30 heavy (non-hydrogen) atoms. The molecule has 0 bridgehead atoms. The Morgan fingerprint density at radius 3 is 2.77 bits per heavy atom. The van der Waals surface area contributed by atoms with Crippen LogP contribution in [-0.2, 0) is 24.8 Å². The van der Waals surface area contributed by atoms with Gasteiger partial charge in [-0.1, -0.05) is 30.3 Å². The van der Waals surface area contributed by atoms with Gasteiger partial charge in [-0.2, -0.15) is 5.10 Å². The summed E-state index contributed by atoms with van der Waals surface area (Å²) < 4.78 is 21.9. The van der Waals surface area contributed by atoms with Gasteiger partial charge in [0.25, 0.3) is 0 Å². The first-order chi connectivity index (χ1) is 14.6. The van der Waals surface area contributed by atoms with Crippen LogP contribution in [0.2, 0.25) is 0 Å². The molecule has 0 aliphatic rings. The van der Waals surface area contributed by atoms with Crippen molar-refractivity contribution in [3.63, 3.8) is 0 Å². The SMILES string of the molecule is Cn1cc(-c2cnc3c(NF)nc(CCNC(=O)OCc4ccccc4)cn23)cn1. The number of alkyl carbamates (subject to hydrolysis) is 1. The number of hydrogen-bond donors (Lipinski definition) is 2. The van der Waals surface area contributed by atoms with Crippen LogP contribution in [0.25, 0.3) is 16.9 Å². The monoisotopic (exact) mass is 409 g/mol. The van der Waals surface area contributed by atoms with Gasteiger partial charge in [0, 0.05) is 38.0 Å². The summed E-state index contributed by atoms with van der Waals surface area (Å²) in [6.07, 6.45) is 6.81. The smallest absolute Gasteiger partial charge is 0.407 e. The number of benzene rings is 1. The number of carbonyl (C=O) groups is 1. The molecule has 0 saturated carbocycles. The Kier molecular flexibility index (Phi) is 5.55. The minimum Gasteiger partial charge on any atom is -0.445 e. The van der Waals surface area contributed by atoms with Crippen molar-refractivity contribution in [1.29, 1.82) is 0 Å². The average Bonchev–Trinajstić information content (AvgIpc) is 3.38. The molecule has 0 spiro atoms. The molecule has 4 rings (SSSR count). The molecule has 0 saturated heterocycles. The third kappa shape index (κ3) is 4.22. The summed E-state index contributed by atoms with van der Waals surface area (Å²) in [7, 11) is 1.82. The summed E-state index contributed by atoms with van der Waals surface area (Å²) in [6.45, 7) is 0.477. The van der Waals surface area contributed by atoms with E-state index in [1.807, 2.05) is 43.6 Å². The molecule has 0 fully saturated rings. The van der Waals surface area contributed by atoms with Crippen LogP contribution in [0.15, 0.2) is 55.1 Å². The van der Waals surface area contributed by atoms with Crippen LogP contribution >= 0.6 is 0 Å². The molecule has 10 heteroatoms. The Balaban J connectivity index is 1.43. The van der Waals surface area contributed by atoms with Crippen molar-refractivity contribution in [3.05, 3.63) is 66.4 Å². The van der Waals surface area contributed by atoms with Crippen LogP contribution in [0.1, 0.15) is 11.3 Å². The van der Waals surface area contributed by atoms with E-state index in [0.29, 0.717) is 17.8 Å². The summed E-state index contributed by atoms with van der Waals surface area (Å²) in [5.74, 6) is 0.00861. The zero-order valence-corrected chi connectivity index (χ0v) is 16.2. The first-order valence-corrected chi connectivity index (χ1v) is 9.31. The summed E-state index contributed by atoms with van der Waals surface area (Å²) in [4.78, 5) is 20.4. The quantitative estimate of drug-likeness (QED) is 0.456. The molecule has 0 unspecified atom stereocenters. The first kappa shape index (κ1) is 19.4. The van der Waals surface area contributed by atoms with Crippen molar-refractivity contribution in [3.8, 4) is 11.3 Å². The first-order valence-electron chi connectivity index (χ1n) is 9.31. The third-order valence-electron chi connectivity index (χ3n) is 4.50. The fourth-order valence-electron chi connectivity index (χ4n) is 3.06. The summed E-state index contributed by atoms with van der Waals surface area (Å²) in [5, 5.41) is 6.84. The lowest BCUT2D eigenvalue weighted by Crippen LogP contribution is -2.26. The number of nitrogens with one attached hydrogen (secondary N) is 2. The van der Waals surface area contributed by atoms with Gasteiger partial charge in [-0.3, -0.25) is 9.08 Å². The van der Waals surface area contributed by atoms with Gasteiger partial charge < -0.3 is 10.1 Å². The Hall–Kier alpha value is -3.95. The number of aryl methyl sites for hydroxylation is 1. The van der Waals surface area contributed by atoms with E-state index in [2.05, 4.69) is 20.4 Å². The zero-order chi connectivity index (χ0) is 20.9. The van der Waals surface area contributed by atoms with Crippen molar-refractivity contribution < 1.29 is 14.0 Å². The molecule has 3 aromatic heterocycles. The van der Waals surface area contributed by atoms with E-state index < -0.39 is 6.09 Å². The van der Waals surface area contributed by atoms with Gasteiger partial charge in [-0.25, -0.2) is 20.3 Å². The average molecular weight is 409 g/mol. The highest BCUT2D eigenvalue weighted by Gasteiger charge is 2.14. The summed E-state index contributed by atoms with van der Waals surface area (Å²) in [5.41, 5.74) is 5.03. The number of fused-ring (bicyclic) bond motifs is 1. The number of hydrogen-bond acceptors (Lipinski definition) is 6. The molecule has 3 heterocycles. The molecule has 9 nitrogen and oxygen atoms in total. The van der Waals surface area contributed by atoms with Crippen LogP contribution in [0, 0.1) is 0 Å². The Bertz CT molecular complexity index is 1160. The van der Waals surface area contributed by atoms with Gasteiger partial charge in [-0.15, -0.1) is 4.48 Å². The number of aromatic nitrogens is 5. The Morgan fingerprint density at radius 2 is 2.03 bits per heavy atom. The van der Waals surface area contributed by atoms with Gasteiger partial charge in [0.2, 0.25) is 0 Å². The maximum Gasteiger partial charge on any atom is 0.407 e. The molecule has 2 N–H and O–H groups in total. The lowest BCUT2D eigenvalue weighted by Gasteiger charge is -2.09. The fourth-order valence-corrected chi connectivity index (χ4v) is 3.06. The maximum absolute atomic E-state index is 13.3. The van der Waals surface area contributed by atoms with E-state index in [9.17, 15) is 9.28 Å². The molecule has 0 aliphatic carbocycles. The molecule has 1 aromatic carbocycles. The largest absolute Gasteiger partial charge is 0.445 e. The predicted octanol–water partition coefficient (Wildman–Crippen LogP) is 2.90. The Morgan fingerprint density at radius 1 is 1.20 bits per heavy atom. The van der Waals surface area contributed by atoms with Crippen LogP contribution < -0.4 is 10.9 Å². The second-order valence-corrected chi connectivity index (χ2v) is 6.65. The molecular weight excluding hydrogens is 389 g/mol. The highest BCUT2D eigenvalue weighted by atomic mass is 19.2. The zero-order valence-electron chi connectivity index (χ0n) is 16.2. The van der Waals surface area contributed by atoms with Crippen molar-refractivity contribution in [1.82, 2.24) is 29.5 Å². The van der Waals surface area contributed by atoms with E-state index in [1.165, 1.54) is 0 Å². The number of carbonyl (C=O) groups excluding carboxylic acids is 1. The molecular formula is C20H20FN7O2. The molecule has 1 amide bonds. The van der Waals surface area contributed by atoms with E-state index in [4.69, 9.17) is 4.74 Å². The number of ether oxygens (including phenoxy) is 1. The molecule has 0 aliphatic heterocycles. The van der Waals surface area contributed by atoms with Gasteiger partial charge in [0.1, 0.15) is 6.61 Å². The molecule has 0 atom stereocenters. The normalized spacial score (nSPS) is 10.9. The summed E-state index contributed by atoms with van der Waals surface area (Å²) >= 11 is 0. The topological polar surface area (TPSA) is 98.4 Å². The third-order valence-corrected chi connectivity index (χ3v) is 4.50. The van der Waals surface area contributed by atoms with Crippen LogP contribution in [0.5, 0.6) is 0 Å². The lowest BCUT2D eigenvalue weighted by atomic mass is 10.2. The van der Waals surface area contributed by atoms with E-state index in [0.717, 1.165) is 16.8 Å². The summed E-state index contributed by atoms with van der Waals surface area (Å²) in [6, 6.07) is 9.41. The lowest BCUT2D eigenvalue weighted by molar-refractivity contribution is 0.140. The van der Waals surface area contributed by atoms with Gasteiger partial charge in [-0.05, 0) is 5.56 Å². The standard InChI is InChI=1S/C20H20FN7O2/c1-27-11-15(9-24-27)17-10-23-19-18(26-21)25-16(12-28(17)19)7-8-22-20(29)30-13-14-5-3-2-4-6-14/h2-6,9-12H,7-8,13H2,1H3,(H,22,29)(H,25,26). The number of halogens is 1. The number of anilines is 1. The van der Waals surface area contributed by atoms with Crippen molar-refractivity contribution in [2.75, 3.05) is 12.1 Å². The van der Waals surface area contributed by atoms with Crippen molar-refractivity contribution >= 4 is 17.6 Å². The van der Waals surface area contributed by atoms with Gasteiger partial charge in [0.05, 0.1) is 23.8 Å². The van der Waals surface area contributed by atoms with Gasteiger partial charge in [0.15, 0.2) is 11.5 Å². The van der Waals surface area contributed by atoms with E-state index in [1.54, 1.807) is 33.2 Å². The van der Waals surface area contributed by atoms with Crippen LogP contribution in [0.3, 0.4) is 0 Å². The van der Waals surface area contributed by atoms with Crippen LogP contribution in [0.4, 0.5) is 15.1 Å². The second-order valence-electron chi connectivity index (χ2n) is 6.65. The minimum atomic E-state index is -0.526. The molecule has 4 aromatic rings. The predicted molar refractivity (Wildman–Crippen MR) is 108 cm³/mol. The van der Waals surface area contributed by atoms with E-state index >= 15 is 0 Å². The highest BCUT2D eigenvalue weighted by Crippen LogP contribution is 2.24. The molecule has 154 valence electrons. The highest BCUT2D eigenvalue weighted by molar-refractivity contribution is 5.70. The fraction of sp³-hybridized carbons (Fsp3) is 0.200. The number of amides is 1. The van der Waals surface area contributed by atoms with Crippen molar-refractivity contribution in [2.24, 2.45) is 7.05 Å².